The largest absolute Gasteiger partial charge is 0.497 e. The smallest absolute Gasteiger partial charge is 0.127 e. The maximum atomic E-state index is 5.81. The number of hydrogen-bond acceptors (Lipinski definition) is 2. The van der Waals surface area contributed by atoms with E-state index >= 15 is 0 Å². The predicted molar refractivity (Wildman–Crippen MR) is 86.2 cm³/mol. The summed E-state index contributed by atoms with van der Waals surface area (Å²) in [6.07, 6.45) is 5.18. The van der Waals surface area contributed by atoms with E-state index in [1.54, 1.807) is 0 Å². The van der Waals surface area contributed by atoms with Gasteiger partial charge in [0.2, 0.25) is 0 Å². The molecule has 2 nitrogen and oxygen atoms in total. The van der Waals surface area contributed by atoms with Crippen LogP contribution in [0.4, 0.5) is 0 Å². The lowest BCUT2D eigenvalue weighted by Gasteiger charge is -2.08. The molecule has 3 rings (SSSR count). The molecule has 104 valence electrons. The van der Waals surface area contributed by atoms with Crippen molar-refractivity contribution in [1.29, 1.82) is 0 Å². The van der Waals surface area contributed by atoms with Crippen LogP contribution in [-0.4, -0.2) is 12.7 Å². The summed E-state index contributed by atoms with van der Waals surface area (Å²) < 4.78 is 12.7. The lowest BCUT2D eigenvalue weighted by molar-refractivity contribution is 0.207. The zero-order valence-electron chi connectivity index (χ0n) is 11.7. The van der Waals surface area contributed by atoms with Crippen LogP contribution in [0.3, 0.4) is 0 Å². The van der Waals surface area contributed by atoms with Crippen molar-refractivity contribution in [2.24, 2.45) is 0 Å². The van der Waals surface area contributed by atoms with Crippen LogP contribution in [-0.2, 0) is 4.74 Å². The first-order valence-electron chi connectivity index (χ1n) is 6.90. The molecule has 0 bridgehead atoms. The van der Waals surface area contributed by atoms with Crippen molar-refractivity contribution in [3.05, 3.63) is 39.2 Å². The van der Waals surface area contributed by atoms with Crippen molar-refractivity contribution in [2.75, 3.05) is 6.61 Å². The van der Waals surface area contributed by atoms with Gasteiger partial charge in [-0.3, -0.25) is 0 Å². The molecule has 0 aliphatic carbocycles. The maximum absolute atomic E-state index is 5.81. The summed E-state index contributed by atoms with van der Waals surface area (Å²) >= 11 is 3.54. The van der Waals surface area contributed by atoms with Gasteiger partial charge in [0, 0.05) is 21.3 Å². The Morgan fingerprint density at radius 3 is 2.95 bits per heavy atom. The van der Waals surface area contributed by atoms with E-state index in [0.717, 1.165) is 27.1 Å². The molecule has 1 atom stereocenters. The molecule has 3 heteroatoms. The number of hydrogen-bond donors (Lipinski definition) is 0. The van der Waals surface area contributed by atoms with E-state index < -0.39 is 0 Å². The molecule has 1 unspecified atom stereocenters. The first-order chi connectivity index (χ1) is 9.69. The van der Waals surface area contributed by atoms with Crippen LogP contribution in [0.5, 0.6) is 5.75 Å². The van der Waals surface area contributed by atoms with Crippen LogP contribution in [0.25, 0.3) is 23.1 Å². The van der Waals surface area contributed by atoms with Crippen LogP contribution in [0.15, 0.2) is 28.7 Å². The molecule has 0 radical (unpaired) electrons. The van der Waals surface area contributed by atoms with Gasteiger partial charge in [-0.25, -0.2) is 0 Å². The summed E-state index contributed by atoms with van der Waals surface area (Å²) in [6.45, 7) is 4.76. The fourth-order valence-electron chi connectivity index (χ4n) is 2.52. The summed E-state index contributed by atoms with van der Waals surface area (Å²) in [7, 11) is 0. The van der Waals surface area contributed by atoms with Gasteiger partial charge in [0.15, 0.2) is 0 Å². The molecule has 0 saturated carbocycles. The molecule has 0 amide bonds. The van der Waals surface area contributed by atoms with Crippen LogP contribution >= 0.6 is 15.9 Å². The van der Waals surface area contributed by atoms with E-state index in [-0.39, 0.29) is 6.10 Å². The van der Waals surface area contributed by atoms with Gasteiger partial charge in [0.25, 0.3) is 0 Å². The summed E-state index contributed by atoms with van der Waals surface area (Å²) in [5, 5.41) is 4.60. The Kier molecular flexibility index (Phi) is 3.70. The zero-order valence-corrected chi connectivity index (χ0v) is 13.2. The molecule has 0 fully saturated rings. The Morgan fingerprint density at radius 2 is 2.15 bits per heavy atom. The van der Waals surface area contributed by atoms with Gasteiger partial charge < -0.3 is 9.47 Å². The Balaban J connectivity index is 2.42. The summed E-state index contributed by atoms with van der Waals surface area (Å²) in [5.74, 6) is 0.936. The standard InChI is InChI=1S/C17H17BrO2/c1-3-19-17-8-12-5-6-13(18)9-15(12)16-10-20-11(2)4-7-14(16)17/h5-11H,3-4H2,1-2H3. The monoisotopic (exact) mass is 332 g/mol. The van der Waals surface area contributed by atoms with Crippen LogP contribution in [0.2, 0.25) is 0 Å². The van der Waals surface area contributed by atoms with E-state index in [1.165, 1.54) is 10.8 Å². The number of rotatable bonds is 2. The molecule has 1 aliphatic heterocycles. The molecule has 0 aromatic heterocycles. The van der Waals surface area contributed by atoms with Gasteiger partial charge in [-0.1, -0.05) is 28.1 Å². The highest BCUT2D eigenvalue weighted by atomic mass is 79.9. The second-order valence-electron chi connectivity index (χ2n) is 5.00. The molecule has 0 N–H and O–H groups in total. The Bertz CT molecular complexity index is 765. The number of halogens is 1. The van der Waals surface area contributed by atoms with Gasteiger partial charge in [0.1, 0.15) is 5.75 Å². The van der Waals surface area contributed by atoms with Gasteiger partial charge in [-0.05, 0) is 42.8 Å². The third-order valence-corrected chi connectivity index (χ3v) is 4.01. The van der Waals surface area contributed by atoms with E-state index in [1.807, 2.05) is 19.3 Å². The molecule has 1 aliphatic rings. The fourth-order valence-corrected chi connectivity index (χ4v) is 2.88. The minimum absolute atomic E-state index is 0.194. The van der Waals surface area contributed by atoms with E-state index in [9.17, 15) is 0 Å². The topological polar surface area (TPSA) is 18.5 Å². The average Bonchev–Trinajstić information content (AvgIpc) is 2.63. The SMILES string of the molecule is CCOc1cc2ccc(Br)cc2c2c1=CCC(C)OC=2. The number of benzene rings is 2. The van der Waals surface area contributed by atoms with Crippen LogP contribution < -0.4 is 15.2 Å². The third kappa shape index (κ3) is 2.42. The third-order valence-electron chi connectivity index (χ3n) is 3.52. The van der Waals surface area contributed by atoms with Crippen molar-refractivity contribution in [3.63, 3.8) is 0 Å². The summed E-state index contributed by atoms with van der Waals surface area (Å²) in [6, 6.07) is 8.40. The molecule has 1 heterocycles. The number of ether oxygens (including phenoxy) is 2. The first kappa shape index (κ1) is 13.5. The quantitative estimate of drug-likeness (QED) is 0.839. The predicted octanol–water partition coefficient (Wildman–Crippen LogP) is 3.33. The van der Waals surface area contributed by atoms with Crippen molar-refractivity contribution in [1.82, 2.24) is 0 Å². The van der Waals surface area contributed by atoms with Crippen LogP contribution in [0.1, 0.15) is 20.3 Å². The van der Waals surface area contributed by atoms with Crippen LogP contribution in [0, 0.1) is 0 Å². The normalized spacial score (nSPS) is 17.4. The molecule has 2 aromatic rings. The van der Waals surface area contributed by atoms with E-state index in [4.69, 9.17) is 9.47 Å². The van der Waals surface area contributed by atoms with Gasteiger partial charge in [0.05, 0.1) is 19.0 Å². The summed E-state index contributed by atoms with van der Waals surface area (Å²) in [5.41, 5.74) is 0. The highest BCUT2D eigenvalue weighted by Gasteiger charge is 2.09. The highest BCUT2D eigenvalue weighted by Crippen LogP contribution is 2.20. The number of fused-ring (bicyclic) bond motifs is 3. The fraction of sp³-hybridized carbons (Fsp3) is 0.294. The Hall–Kier alpha value is -1.48. The molecule has 0 saturated heterocycles. The van der Waals surface area contributed by atoms with Crippen molar-refractivity contribution >= 4 is 39.0 Å². The molecule has 20 heavy (non-hydrogen) atoms. The molecule has 2 aromatic carbocycles. The zero-order chi connectivity index (χ0) is 14.1. The average molecular weight is 333 g/mol. The van der Waals surface area contributed by atoms with Gasteiger partial charge in [-0.15, -0.1) is 0 Å². The Morgan fingerprint density at radius 1 is 1.30 bits per heavy atom. The summed E-state index contributed by atoms with van der Waals surface area (Å²) in [4.78, 5) is 0. The lowest BCUT2D eigenvalue weighted by atomic mass is 10.1. The lowest BCUT2D eigenvalue weighted by Crippen LogP contribution is -2.27. The van der Waals surface area contributed by atoms with Gasteiger partial charge >= 0.3 is 0 Å². The van der Waals surface area contributed by atoms with E-state index in [0.29, 0.717) is 6.61 Å². The minimum atomic E-state index is 0.194. The Labute approximate surface area is 126 Å². The van der Waals surface area contributed by atoms with E-state index in [2.05, 4.69) is 47.1 Å². The minimum Gasteiger partial charge on any atom is -0.497 e. The van der Waals surface area contributed by atoms with Crippen molar-refractivity contribution in [2.45, 2.75) is 26.4 Å². The second kappa shape index (κ2) is 5.49. The van der Waals surface area contributed by atoms with Gasteiger partial charge in [-0.2, -0.15) is 0 Å². The first-order valence-corrected chi connectivity index (χ1v) is 7.69. The molecule has 0 spiro atoms. The van der Waals surface area contributed by atoms with Crippen molar-refractivity contribution in [3.8, 4) is 5.75 Å². The molecular weight excluding hydrogens is 316 g/mol. The maximum Gasteiger partial charge on any atom is 0.127 e. The van der Waals surface area contributed by atoms with Crippen molar-refractivity contribution < 1.29 is 9.47 Å². The second-order valence-corrected chi connectivity index (χ2v) is 5.92. The highest BCUT2D eigenvalue weighted by molar-refractivity contribution is 9.10. The molecular formula is C17H17BrO2.